The lowest BCUT2D eigenvalue weighted by atomic mass is 10.1. The highest BCUT2D eigenvalue weighted by Crippen LogP contribution is 2.12. The van der Waals surface area contributed by atoms with Crippen molar-refractivity contribution in [3.05, 3.63) is 6.92 Å². The average Bonchev–Trinajstić information content (AvgIpc) is 3.45. The number of nitrogens with zero attached hydrogens (tertiary/aromatic N) is 1. The molecule has 0 aromatic rings. The molecule has 229 valence electrons. The number of carbonyl (C=O) groups excluding carboxylic acids is 2. The number of hydrogen-bond donors (Lipinski definition) is 1. The molecular formula is C31H59N2O6. The van der Waals surface area contributed by atoms with Gasteiger partial charge in [0, 0.05) is 38.6 Å². The molecule has 0 saturated carbocycles. The van der Waals surface area contributed by atoms with E-state index in [0.717, 1.165) is 45.3 Å². The van der Waals surface area contributed by atoms with Gasteiger partial charge in [0.2, 0.25) is 0 Å². The van der Waals surface area contributed by atoms with Crippen molar-refractivity contribution in [1.82, 2.24) is 10.2 Å². The number of ether oxygens (including phenoxy) is 4. The van der Waals surface area contributed by atoms with Crippen LogP contribution in [0.15, 0.2) is 0 Å². The Morgan fingerprint density at radius 3 is 1.92 bits per heavy atom. The van der Waals surface area contributed by atoms with Crippen molar-refractivity contribution in [3.63, 3.8) is 0 Å². The summed E-state index contributed by atoms with van der Waals surface area (Å²) in [7, 11) is 0. The van der Waals surface area contributed by atoms with Gasteiger partial charge in [0.05, 0.1) is 19.6 Å². The van der Waals surface area contributed by atoms with Crippen LogP contribution in [0, 0.1) is 12.8 Å². The maximum Gasteiger partial charge on any atom is 0.407 e. The Kier molecular flexibility index (Phi) is 23.4. The standard InChI is InChI=1S/C31H59N2O6/c1-4-6-8-10-12-16-24-36-30(37-25-17-13-11-9-7-5-2)19-18-29(34)38-26-28(3)27-39-31(35)32-20-23-33-21-14-15-22-33/h28,30H,3-27H2,1-2H3,(H,32,35). The molecule has 1 rings (SSSR count). The Morgan fingerprint density at radius 2 is 1.33 bits per heavy atom. The Hall–Kier alpha value is -1.38. The van der Waals surface area contributed by atoms with E-state index in [2.05, 4.69) is 31.0 Å². The first kappa shape index (κ1) is 35.6. The average molecular weight is 556 g/mol. The number of alkyl carbamates (subject to hydrolysis) is 1. The van der Waals surface area contributed by atoms with Crippen molar-refractivity contribution in [3.8, 4) is 0 Å². The van der Waals surface area contributed by atoms with Crippen molar-refractivity contribution in [1.29, 1.82) is 0 Å². The van der Waals surface area contributed by atoms with Crippen molar-refractivity contribution in [2.75, 3.05) is 52.6 Å². The van der Waals surface area contributed by atoms with E-state index in [1.54, 1.807) is 0 Å². The minimum absolute atomic E-state index is 0.105. The van der Waals surface area contributed by atoms with E-state index in [9.17, 15) is 9.59 Å². The van der Waals surface area contributed by atoms with E-state index >= 15 is 0 Å². The van der Waals surface area contributed by atoms with E-state index < -0.39 is 6.09 Å². The zero-order valence-corrected chi connectivity index (χ0v) is 25.2. The molecular weight excluding hydrogens is 496 g/mol. The van der Waals surface area contributed by atoms with Gasteiger partial charge in [-0.05, 0) is 45.7 Å². The molecule has 1 radical (unpaired) electrons. The van der Waals surface area contributed by atoms with E-state index in [0.29, 0.717) is 26.2 Å². The summed E-state index contributed by atoms with van der Waals surface area (Å²) in [6.07, 6.45) is 16.8. The van der Waals surface area contributed by atoms with Crippen LogP contribution in [0.2, 0.25) is 0 Å². The number of unbranched alkanes of at least 4 members (excludes halogenated alkanes) is 10. The summed E-state index contributed by atoms with van der Waals surface area (Å²) in [5.74, 6) is -0.628. The number of likely N-dealkylation sites (tertiary alicyclic amines) is 1. The van der Waals surface area contributed by atoms with Gasteiger partial charge in [0.15, 0.2) is 6.29 Å². The number of amides is 1. The second-order valence-corrected chi connectivity index (χ2v) is 10.9. The van der Waals surface area contributed by atoms with Gasteiger partial charge in [-0.1, -0.05) is 78.1 Å². The van der Waals surface area contributed by atoms with Crippen LogP contribution < -0.4 is 5.32 Å². The lowest BCUT2D eigenvalue weighted by Gasteiger charge is -2.19. The lowest BCUT2D eigenvalue weighted by molar-refractivity contribution is -0.160. The van der Waals surface area contributed by atoms with Crippen LogP contribution in [0.3, 0.4) is 0 Å². The molecule has 1 aliphatic rings. The van der Waals surface area contributed by atoms with E-state index in [1.165, 1.54) is 64.2 Å². The van der Waals surface area contributed by atoms with Gasteiger partial charge in [-0.25, -0.2) is 4.79 Å². The fraction of sp³-hybridized carbons (Fsp3) is 0.903. The number of hydrogen-bond acceptors (Lipinski definition) is 7. The van der Waals surface area contributed by atoms with Crippen molar-refractivity contribution in [2.24, 2.45) is 5.92 Å². The van der Waals surface area contributed by atoms with Crippen LogP contribution in [-0.4, -0.2) is 75.9 Å². The SMILES string of the molecule is [CH2]C(COC(=O)CCC(OCCCCCCCC)OCCCCCCCC)COC(=O)NCCN1CCCC1. The third kappa shape index (κ3) is 22.0. The summed E-state index contributed by atoms with van der Waals surface area (Å²) >= 11 is 0. The number of carbonyl (C=O) groups is 2. The van der Waals surface area contributed by atoms with E-state index in [-0.39, 0.29) is 37.8 Å². The number of rotatable bonds is 26. The zero-order chi connectivity index (χ0) is 28.4. The molecule has 1 N–H and O–H groups in total. The summed E-state index contributed by atoms with van der Waals surface area (Å²) < 4.78 is 22.6. The summed E-state index contributed by atoms with van der Waals surface area (Å²) in [5, 5.41) is 2.76. The van der Waals surface area contributed by atoms with Gasteiger partial charge in [-0.3, -0.25) is 4.79 Å². The summed E-state index contributed by atoms with van der Waals surface area (Å²) in [6, 6.07) is 0. The van der Waals surface area contributed by atoms with Crippen molar-refractivity contribution in [2.45, 2.75) is 123 Å². The third-order valence-corrected chi connectivity index (χ3v) is 7.01. The van der Waals surface area contributed by atoms with Crippen LogP contribution in [0.5, 0.6) is 0 Å². The predicted octanol–water partition coefficient (Wildman–Crippen LogP) is 6.66. The van der Waals surface area contributed by atoms with Gasteiger partial charge in [0.1, 0.15) is 0 Å². The summed E-state index contributed by atoms with van der Waals surface area (Å²) in [5.41, 5.74) is 0. The Balaban J connectivity index is 2.19. The molecule has 39 heavy (non-hydrogen) atoms. The Bertz CT molecular complexity index is 567. The first-order valence-corrected chi connectivity index (χ1v) is 15.9. The molecule has 8 heteroatoms. The minimum atomic E-state index is -0.456. The highest BCUT2D eigenvalue weighted by molar-refractivity contribution is 5.69. The smallest absolute Gasteiger partial charge is 0.407 e. The van der Waals surface area contributed by atoms with Crippen LogP contribution in [0.4, 0.5) is 4.79 Å². The molecule has 1 unspecified atom stereocenters. The van der Waals surface area contributed by atoms with Crippen LogP contribution in [0.1, 0.15) is 117 Å². The van der Waals surface area contributed by atoms with Crippen LogP contribution in [-0.2, 0) is 23.7 Å². The zero-order valence-electron chi connectivity index (χ0n) is 25.2. The van der Waals surface area contributed by atoms with Gasteiger partial charge >= 0.3 is 12.1 Å². The first-order valence-electron chi connectivity index (χ1n) is 15.9. The van der Waals surface area contributed by atoms with E-state index in [4.69, 9.17) is 18.9 Å². The molecule has 0 aromatic carbocycles. The van der Waals surface area contributed by atoms with Gasteiger partial charge in [-0.2, -0.15) is 0 Å². The Labute approximate surface area is 239 Å². The number of esters is 1. The third-order valence-electron chi connectivity index (χ3n) is 7.01. The molecule has 1 amide bonds. The van der Waals surface area contributed by atoms with Gasteiger partial charge in [-0.15, -0.1) is 0 Å². The topological polar surface area (TPSA) is 86.3 Å². The fourth-order valence-corrected chi connectivity index (χ4v) is 4.54. The minimum Gasteiger partial charge on any atom is -0.465 e. The second-order valence-electron chi connectivity index (χ2n) is 10.9. The van der Waals surface area contributed by atoms with Gasteiger partial charge in [0.25, 0.3) is 0 Å². The van der Waals surface area contributed by atoms with Gasteiger partial charge < -0.3 is 29.2 Å². The first-order chi connectivity index (χ1) is 19.0. The maximum absolute atomic E-state index is 12.3. The predicted molar refractivity (Wildman–Crippen MR) is 157 cm³/mol. The molecule has 8 nitrogen and oxygen atoms in total. The highest BCUT2D eigenvalue weighted by atomic mass is 16.7. The lowest BCUT2D eigenvalue weighted by Crippen LogP contribution is -2.34. The van der Waals surface area contributed by atoms with Crippen LogP contribution in [0.25, 0.3) is 0 Å². The van der Waals surface area contributed by atoms with Crippen molar-refractivity contribution < 1.29 is 28.5 Å². The van der Waals surface area contributed by atoms with Crippen LogP contribution >= 0.6 is 0 Å². The molecule has 0 spiro atoms. The summed E-state index contributed by atoms with van der Waals surface area (Å²) in [6.45, 7) is 13.5. The molecule has 1 atom stereocenters. The molecule has 0 bridgehead atoms. The fourth-order valence-electron chi connectivity index (χ4n) is 4.54. The normalized spacial score (nSPS) is 14.6. The molecule has 1 saturated heterocycles. The number of nitrogens with one attached hydrogen (secondary N) is 1. The van der Waals surface area contributed by atoms with Crippen molar-refractivity contribution >= 4 is 12.1 Å². The largest absolute Gasteiger partial charge is 0.465 e. The monoisotopic (exact) mass is 555 g/mol. The highest BCUT2D eigenvalue weighted by Gasteiger charge is 2.16. The maximum atomic E-state index is 12.3. The molecule has 1 fully saturated rings. The van der Waals surface area contributed by atoms with E-state index in [1.807, 2.05) is 0 Å². The molecule has 0 aliphatic carbocycles. The second kappa shape index (κ2) is 25.6. The molecule has 0 aromatic heterocycles. The summed E-state index contributed by atoms with van der Waals surface area (Å²) in [4.78, 5) is 26.5. The molecule has 1 aliphatic heterocycles. The molecule has 1 heterocycles. The quantitative estimate of drug-likeness (QED) is 0.0725. The Morgan fingerprint density at radius 1 is 0.795 bits per heavy atom.